The number of methoxy groups -OCH3 is 4. The lowest BCUT2D eigenvalue weighted by atomic mass is 10.1. The van der Waals surface area contributed by atoms with Gasteiger partial charge in [-0.05, 0) is 42.0 Å². The number of allylic oxidation sites excluding steroid dienone is 1. The first-order valence-corrected chi connectivity index (χ1v) is 7.73. The fourth-order valence-corrected chi connectivity index (χ4v) is 2.43. The number of carbonyl (C=O) groups is 1. The first-order valence-electron chi connectivity index (χ1n) is 7.73. The molecule has 2 aromatic rings. The minimum absolute atomic E-state index is 0.120. The SMILES string of the molecule is COCc1cc(/C=C/C(=O)c2ccc(OC)c(OC)c2)ccc1OC. The number of ether oxygens (including phenoxy) is 4. The molecule has 0 aromatic heterocycles. The summed E-state index contributed by atoms with van der Waals surface area (Å²) in [5.41, 5.74) is 2.34. The summed E-state index contributed by atoms with van der Waals surface area (Å²) >= 11 is 0. The summed E-state index contributed by atoms with van der Waals surface area (Å²) in [6.07, 6.45) is 3.29. The Labute approximate surface area is 147 Å². The predicted molar refractivity (Wildman–Crippen MR) is 96.6 cm³/mol. The predicted octanol–water partition coefficient (Wildman–Crippen LogP) is 3.75. The monoisotopic (exact) mass is 342 g/mol. The third-order valence-electron chi connectivity index (χ3n) is 3.70. The van der Waals surface area contributed by atoms with Crippen LogP contribution in [-0.4, -0.2) is 34.2 Å². The second-order valence-corrected chi connectivity index (χ2v) is 5.27. The summed E-state index contributed by atoms with van der Waals surface area (Å²) in [7, 11) is 6.34. The quantitative estimate of drug-likeness (QED) is 0.540. The smallest absolute Gasteiger partial charge is 0.185 e. The minimum Gasteiger partial charge on any atom is -0.496 e. The number of hydrogen-bond donors (Lipinski definition) is 0. The average Bonchev–Trinajstić information content (AvgIpc) is 2.65. The highest BCUT2D eigenvalue weighted by molar-refractivity contribution is 6.07. The van der Waals surface area contributed by atoms with E-state index in [0.717, 1.165) is 16.9 Å². The zero-order valence-corrected chi connectivity index (χ0v) is 14.9. The van der Waals surface area contributed by atoms with E-state index >= 15 is 0 Å². The van der Waals surface area contributed by atoms with Gasteiger partial charge in [0.15, 0.2) is 17.3 Å². The van der Waals surface area contributed by atoms with Crippen LogP contribution in [0.15, 0.2) is 42.5 Å². The molecule has 0 aliphatic heterocycles. The van der Waals surface area contributed by atoms with Crippen molar-refractivity contribution in [3.8, 4) is 17.2 Å². The first-order chi connectivity index (χ1) is 12.1. The summed E-state index contributed by atoms with van der Waals surface area (Å²) in [5, 5.41) is 0. The molecule has 0 N–H and O–H groups in total. The molecule has 0 saturated carbocycles. The van der Waals surface area contributed by atoms with Crippen LogP contribution >= 0.6 is 0 Å². The lowest BCUT2D eigenvalue weighted by Crippen LogP contribution is -1.98. The average molecular weight is 342 g/mol. The van der Waals surface area contributed by atoms with Gasteiger partial charge in [0.2, 0.25) is 0 Å². The van der Waals surface area contributed by atoms with Gasteiger partial charge in [0.25, 0.3) is 0 Å². The Bertz CT molecular complexity index is 765. The van der Waals surface area contributed by atoms with E-state index in [1.165, 1.54) is 13.2 Å². The highest BCUT2D eigenvalue weighted by atomic mass is 16.5. The maximum atomic E-state index is 12.4. The summed E-state index contributed by atoms with van der Waals surface area (Å²) in [6, 6.07) is 10.8. The molecule has 2 aromatic carbocycles. The molecule has 0 unspecified atom stereocenters. The van der Waals surface area contributed by atoms with Gasteiger partial charge in [0, 0.05) is 18.2 Å². The van der Waals surface area contributed by atoms with Crippen LogP contribution in [0, 0.1) is 0 Å². The van der Waals surface area contributed by atoms with Gasteiger partial charge < -0.3 is 18.9 Å². The Morgan fingerprint density at radius 2 is 1.56 bits per heavy atom. The molecule has 0 amide bonds. The summed E-state index contributed by atoms with van der Waals surface area (Å²) in [5.74, 6) is 1.74. The molecular weight excluding hydrogens is 320 g/mol. The van der Waals surface area contributed by atoms with Gasteiger partial charge >= 0.3 is 0 Å². The molecular formula is C20H22O5. The molecule has 132 valence electrons. The van der Waals surface area contributed by atoms with Crippen molar-refractivity contribution in [1.82, 2.24) is 0 Å². The maximum absolute atomic E-state index is 12.4. The van der Waals surface area contributed by atoms with Crippen LogP contribution < -0.4 is 14.2 Å². The Morgan fingerprint density at radius 3 is 2.20 bits per heavy atom. The largest absolute Gasteiger partial charge is 0.496 e. The van der Waals surface area contributed by atoms with E-state index in [1.807, 2.05) is 18.2 Å². The van der Waals surface area contributed by atoms with Crippen molar-refractivity contribution in [2.45, 2.75) is 6.61 Å². The second kappa shape index (κ2) is 8.89. The third kappa shape index (κ3) is 4.61. The van der Waals surface area contributed by atoms with Crippen LogP contribution in [0.4, 0.5) is 0 Å². The minimum atomic E-state index is -0.120. The molecule has 0 radical (unpaired) electrons. The van der Waals surface area contributed by atoms with E-state index in [4.69, 9.17) is 18.9 Å². The zero-order chi connectivity index (χ0) is 18.2. The normalized spacial score (nSPS) is 10.7. The van der Waals surface area contributed by atoms with E-state index in [9.17, 15) is 4.79 Å². The Kier molecular flexibility index (Phi) is 6.60. The number of rotatable bonds is 8. The van der Waals surface area contributed by atoms with Crippen LogP contribution in [-0.2, 0) is 11.3 Å². The molecule has 0 aliphatic carbocycles. The molecule has 0 bridgehead atoms. The molecule has 0 aliphatic rings. The standard InChI is InChI=1S/C20H22O5/c1-22-13-16-11-14(6-9-18(16)23-2)5-8-17(21)15-7-10-19(24-3)20(12-15)25-4/h5-12H,13H2,1-4H3/b8-5+. The van der Waals surface area contributed by atoms with Gasteiger partial charge in [-0.25, -0.2) is 0 Å². The summed E-state index contributed by atoms with van der Waals surface area (Å²) in [6.45, 7) is 0.439. The fourth-order valence-electron chi connectivity index (χ4n) is 2.43. The van der Waals surface area contributed by atoms with Crippen molar-refractivity contribution in [2.75, 3.05) is 28.4 Å². The third-order valence-corrected chi connectivity index (χ3v) is 3.70. The highest BCUT2D eigenvalue weighted by Crippen LogP contribution is 2.28. The van der Waals surface area contributed by atoms with E-state index in [2.05, 4.69) is 0 Å². The van der Waals surface area contributed by atoms with Crippen molar-refractivity contribution in [3.05, 3.63) is 59.2 Å². The maximum Gasteiger partial charge on any atom is 0.185 e. The second-order valence-electron chi connectivity index (χ2n) is 5.27. The summed E-state index contributed by atoms with van der Waals surface area (Å²) in [4.78, 5) is 12.4. The number of carbonyl (C=O) groups excluding carboxylic acids is 1. The van der Waals surface area contributed by atoms with Crippen molar-refractivity contribution in [1.29, 1.82) is 0 Å². The molecule has 25 heavy (non-hydrogen) atoms. The van der Waals surface area contributed by atoms with Gasteiger partial charge in [-0.3, -0.25) is 4.79 Å². The first kappa shape index (κ1) is 18.5. The molecule has 5 nitrogen and oxygen atoms in total. The molecule has 0 spiro atoms. The lowest BCUT2D eigenvalue weighted by Gasteiger charge is -2.09. The topological polar surface area (TPSA) is 54.0 Å². The van der Waals surface area contributed by atoms with E-state index < -0.39 is 0 Å². The van der Waals surface area contributed by atoms with Gasteiger partial charge in [-0.2, -0.15) is 0 Å². The molecule has 0 atom stereocenters. The number of ketones is 1. The van der Waals surface area contributed by atoms with Crippen LogP contribution in [0.3, 0.4) is 0 Å². The molecule has 5 heteroatoms. The number of hydrogen-bond acceptors (Lipinski definition) is 5. The highest BCUT2D eigenvalue weighted by Gasteiger charge is 2.09. The van der Waals surface area contributed by atoms with Crippen LogP contribution in [0.25, 0.3) is 6.08 Å². The van der Waals surface area contributed by atoms with Crippen molar-refractivity contribution >= 4 is 11.9 Å². The molecule has 2 rings (SSSR count). The number of benzene rings is 2. The fraction of sp³-hybridized carbons (Fsp3) is 0.250. The zero-order valence-electron chi connectivity index (χ0n) is 14.9. The van der Waals surface area contributed by atoms with E-state index in [-0.39, 0.29) is 5.78 Å². The van der Waals surface area contributed by atoms with Crippen LogP contribution in [0.5, 0.6) is 17.2 Å². The van der Waals surface area contributed by atoms with Crippen LogP contribution in [0.1, 0.15) is 21.5 Å². The Hall–Kier alpha value is -2.79. The Balaban J connectivity index is 2.21. The van der Waals surface area contributed by atoms with Gasteiger partial charge in [-0.15, -0.1) is 0 Å². The molecule has 0 fully saturated rings. The lowest BCUT2D eigenvalue weighted by molar-refractivity contribution is 0.104. The summed E-state index contributed by atoms with van der Waals surface area (Å²) < 4.78 is 20.9. The van der Waals surface area contributed by atoms with Crippen molar-refractivity contribution in [2.24, 2.45) is 0 Å². The van der Waals surface area contributed by atoms with Gasteiger partial charge in [0.1, 0.15) is 5.75 Å². The van der Waals surface area contributed by atoms with E-state index in [0.29, 0.717) is 23.7 Å². The van der Waals surface area contributed by atoms with Gasteiger partial charge in [0.05, 0.1) is 27.9 Å². The van der Waals surface area contributed by atoms with Crippen LogP contribution in [0.2, 0.25) is 0 Å². The van der Waals surface area contributed by atoms with E-state index in [1.54, 1.807) is 45.6 Å². The molecule has 0 saturated heterocycles. The van der Waals surface area contributed by atoms with Gasteiger partial charge in [-0.1, -0.05) is 12.1 Å². The van der Waals surface area contributed by atoms with Crippen molar-refractivity contribution in [3.63, 3.8) is 0 Å². The van der Waals surface area contributed by atoms with Crippen molar-refractivity contribution < 1.29 is 23.7 Å². The molecule has 0 heterocycles. The Morgan fingerprint density at radius 1 is 0.880 bits per heavy atom.